The Morgan fingerprint density at radius 3 is 2.86 bits per heavy atom. The molecule has 2 N–H and O–H groups in total. The number of rotatable bonds is 7. The van der Waals surface area contributed by atoms with Crippen molar-refractivity contribution in [3.63, 3.8) is 0 Å². The molecular formula is C22H33N5O. The van der Waals surface area contributed by atoms with Crippen molar-refractivity contribution >= 4 is 5.96 Å². The van der Waals surface area contributed by atoms with Crippen LogP contribution in [-0.4, -0.2) is 49.1 Å². The van der Waals surface area contributed by atoms with E-state index < -0.39 is 0 Å². The third-order valence-electron chi connectivity index (χ3n) is 5.20. The van der Waals surface area contributed by atoms with Gasteiger partial charge < -0.3 is 20.0 Å². The summed E-state index contributed by atoms with van der Waals surface area (Å²) in [5.41, 5.74) is 3.08. The molecule has 1 aliphatic heterocycles. The second-order valence-electron chi connectivity index (χ2n) is 7.76. The van der Waals surface area contributed by atoms with E-state index in [0.717, 1.165) is 42.6 Å². The molecule has 0 spiro atoms. The van der Waals surface area contributed by atoms with Crippen LogP contribution in [0.3, 0.4) is 0 Å². The minimum absolute atomic E-state index is 0.582. The first kappa shape index (κ1) is 20.4. The minimum Gasteiger partial charge on any atom is -0.444 e. The van der Waals surface area contributed by atoms with Crippen LogP contribution >= 0.6 is 0 Å². The number of nitrogens with zero attached hydrogens (tertiary/aromatic N) is 3. The van der Waals surface area contributed by atoms with Gasteiger partial charge in [-0.3, -0.25) is 4.99 Å². The molecule has 2 aromatic rings. The summed E-state index contributed by atoms with van der Waals surface area (Å²) < 4.78 is 5.61. The number of piperidine rings is 1. The number of aromatic nitrogens is 1. The number of aliphatic imine (C=N–C) groups is 1. The molecular weight excluding hydrogens is 350 g/mol. The Morgan fingerprint density at radius 1 is 1.29 bits per heavy atom. The molecule has 1 fully saturated rings. The SMILES string of the molecule is CN=C(NCCCN1CCCC(C)C1)NCc1coc(-c2ccc(C)cc2)n1. The van der Waals surface area contributed by atoms with E-state index in [9.17, 15) is 0 Å². The summed E-state index contributed by atoms with van der Waals surface area (Å²) in [5.74, 6) is 2.28. The molecule has 0 aliphatic carbocycles. The summed E-state index contributed by atoms with van der Waals surface area (Å²) in [5, 5.41) is 6.70. The van der Waals surface area contributed by atoms with E-state index in [1.807, 2.05) is 12.1 Å². The highest BCUT2D eigenvalue weighted by atomic mass is 16.3. The molecule has 152 valence electrons. The van der Waals surface area contributed by atoms with Gasteiger partial charge in [-0.15, -0.1) is 0 Å². The smallest absolute Gasteiger partial charge is 0.226 e. The number of likely N-dealkylation sites (tertiary alicyclic amines) is 1. The van der Waals surface area contributed by atoms with E-state index in [-0.39, 0.29) is 0 Å². The molecule has 6 nitrogen and oxygen atoms in total. The zero-order valence-corrected chi connectivity index (χ0v) is 17.4. The fourth-order valence-electron chi connectivity index (χ4n) is 3.61. The fourth-order valence-corrected chi connectivity index (χ4v) is 3.61. The van der Waals surface area contributed by atoms with Crippen LogP contribution in [0.2, 0.25) is 0 Å². The molecule has 1 atom stereocenters. The molecule has 1 aromatic heterocycles. The van der Waals surface area contributed by atoms with E-state index in [1.54, 1.807) is 13.3 Å². The van der Waals surface area contributed by atoms with Crippen LogP contribution in [0, 0.1) is 12.8 Å². The van der Waals surface area contributed by atoms with E-state index >= 15 is 0 Å². The quantitative estimate of drug-likeness (QED) is 0.436. The number of guanidine groups is 1. The molecule has 1 aromatic carbocycles. The van der Waals surface area contributed by atoms with Crippen LogP contribution < -0.4 is 10.6 Å². The second-order valence-corrected chi connectivity index (χ2v) is 7.76. The molecule has 6 heteroatoms. The van der Waals surface area contributed by atoms with Gasteiger partial charge in [0.2, 0.25) is 5.89 Å². The van der Waals surface area contributed by atoms with Crippen LogP contribution in [0.1, 0.15) is 37.4 Å². The van der Waals surface area contributed by atoms with Gasteiger partial charge >= 0.3 is 0 Å². The molecule has 0 bridgehead atoms. The molecule has 1 unspecified atom stereocenters. The Bertz CT molecular complexity index is 753. The molecule has 28 heavy (non-hydrogen) atoms. The molecule has 0 saturated carbocycles. The van der Waals surface area contributed by atoms with Crippen molar-refractivity contribution in [1.29, 1.82) is 0 Å². The Morgan fingerprint density at radius 2 is 2.11 bits per heavy atom. The summed E-state index contributed by atoms with van der Waals surface area (Å²) in [6.07, 6.45) is 5.53. The lowest BCUT2D eigenvalue weighted by atomic mass is 10.0. The van der Waals surface area contributed by atoms with Gasteiger partial charge in [-0.1, -0.05) is 24.6 Å². The third-order valence-corrected chi connectivity index (χ3v) is 5.20. The van der Waals surface area contributed by atoms with Crippen molar-refractivity contribution in [3.05, 3.63) is 41.8 Å². The van der Waals surface area contributed by atoms with Gasteiger partial charge in [-0.05, 0) is 57.3 Å². The predicted octanol–water partition coefficient (Wildman–Crippen LogP) is 3.44. The first-order valence-corrected chi connectivity index (χ1v) is 10.3. The molecule has 3 rings (SSSR count). The van der Waals surface area contributed by atoms with Crippen LogP contribution in [0.25, 0.3) is 11.5 Å². The van der Waals surface area contributed by atoms with Gasteiger partial charge in [-0.25, -0.2) is 4.98 Å². The topological polar surface area (TPSA) is 65.7 Å². The lowest BCUT2D eigenvalue weighted by molar-refractivity contribution is 0.182. The largest absolute Gasteiger partial charge is 0.444 e. The van der Waals surface area contributed by atoms with Crippen LogP contribution in [-0.2, 0) is 6.54 Å². The van der Waals surface area contributed by atoms with Crippen LogP contribution in [0.15, 0.2) is 39.9 Å². The molecule has 0 amide bonds. The Balaban J connectivity index is 1.39. The summed E-state index contributed by atoms with van der Waals surface area (Å²) in [4.78, 5) is 11.4. The number of hydrogen-bond donors (Lipinski definition) is 2. The summed E-state index contributed by atoms with van der Waals surface area (Å²) in [7, 11) is 1.79. The first-order chi connectivity index (χ1) is 13.6. The highest BCUT2D eigenvalue weighted by Crippen LogP contribution is 2.19. The van der Waals surface area contributed by atoms with Gasteiger partial charge in [-0.2, -0.15) is 0 Å². The van der Waals surface area contributed by atoms with Crippen LogP contribution in [0.5, 0.6) is 0 Å². The zero-order valence-electron chi connectivity index (χ0n) is 17.4. The molecule has 1 saturated heterocycles. The van der Waals surface area contributed by atoms with Crippen molar-refractivity contribution in [3.8, 4) is 11.5 Å². The summed E-state index contributed by atoms with van der Waals surface area (Å²) in [6.45, 7) is 9.55. The van der Waals surface area contributed by atoms with E-state index in [0.29, 0.717) is 12.4 Å². The Labute approximate surface area is 168 Å². The van der Waals surface area contributed by atoms with Crippen molar-refractivity contribution in [2.45, 2.75) is 39.7 Å². The van der Waals surface area contributed by atoms with E-state index in [2.05, 4.69) is 51.5 Å². The summed E-state index contributed by atoms with van der Waals surface area (Å²) >= 11 is 0. The van der Waals surface area contributed by atoms with Gasteiger partial charge in [0.15, 0.2) is 5.96 Å². The highest BCUT2D eigenvalue weighted by Gasteiger charge is 2.15. The van der Waals surface area contributed by atoms with E-state index in [4.69, 9.17) is 4.42 Å². The van der Waals surface area contributed by atoms with Gasteiger partial charge in [0.25, 0.3) is 0 Å². The number of hydrogen-bond acceptors (Lipinski definition) is 4. The van der Waals surface area contributed by atoms with Gasteiger partial charge in [0, 0.05) is 25.7 Å². The van der Waals surface area contributed by atoms with E-state index in [1.165, 1.54) is 31.5 Å². The number of oxazole rings is 1. The standard InChI is InChI=1S/C22H33N5O/c1-17-7-9-19(10-8-17)21-26-20(16-28-21)14-25-22(23-3)24-11-5-13-27-12-4-6-18(2)15-27/h7-10,16,18H,4-6,11-15H2,1-3H3,(H2,23,24,25). The maximum atomic E-state index is 5.61. The average molecular weight is 384 g/mol. The van der Waals surface area contributed by atoms with Gasteiger partial charge in [0.05, 0.1) is 12.2 Å². The van der Waals surface area contributed by atoms with Crippen molar-refractivity contribution < 1.29 is 4.42 Å². The number of aryl methyl sites for hydroxylation is 1. The number of benzene rings is 1. The zero-order chi connectivity index (χ0) is 19.8. The predicted molar refractivity (Wildman–Crippen MR) is 114 cm³/mol. The first-order valence-electron chi connectivity index (χ1n) is 10.3. The van der Waals surface area contributed by atoms with Crippen molar-refractivity contribution in [1.82, 2.24) is 20.5 Å². The maximum absolute atomic E-state index is 5.61. The van der Waals surface area contributed by atoms with Crippen LogP contribution in [0.4, 0.5) is 0 Å². The fraction of sp³-hybridized carbons (Fsp3) is 0.545. The Kier molecular flexibility index (Phi) is 7.48. The minimum atomic E-state index is 0.582. The maximum Gasteiger partial charge on any atom is 0.226 e. The molecule has 1 aliphatic rings. The summed E-state index contributed by atoms with van der Waals surface area (Å²) in [6, 6.07) is 8.19. The normalized spacial score (nSPS) is 18.2. The second kappa shape index (κ2) is 10.3. The lowest BCUT2D eigenvalue weighted by Crippen LogP contribution is -2.39. The van der Waals surface area contributed by atoms with Crippen molar-refractivity contribution in [2.75, 3.05) is 33.2 Å². The molecule has 0 radical (unpaired) electrons. The highest BCUT2D eigenvalue weighted by molar-refractivity contribution is 5.79. The molecule has 2 heterocycles. The third kappa shape index (κ3) is 6.09. The van der Waals surface area contributed by atoms with Crippen molar-refractivity contribution in [2.24, 2.45) is 10.9 Å². The lowest BCUT2D eigenvalue weighted by Gasteiger charge is -2.30. The Hall–Kier alpha value is -2.34. The monoisotopic (exact) mass is 383 g/mol. The number of nitrogens with one attached hydrogen (secondary N) is 2. The average Bonchev–Trinajstić information content (AvgIpc) is 3.17. The van der Waals surface area contributed by atoms with Gasteiger partial charge in [0.1, 0.15) is 6.26 Å².